The van der Waals surface area contributed by atoms with E-state index < -0.39 is 0 Å². The molecule has 1 amide bonds. The summed E-state index contributed by atoms with van der Waals surface area (Å²) >= 11 is 0. The first kappa shape index (κ1) is 19.4. The van der Waals surface area contributed by atoms with Gasteiger partial charge in [0.05, 0.1) is 6.04 Å². The molecule has 144 valence electrons. The van der Waals surface area contributed by atoms with Crippen LogP contribution >= 0.6 is 0 Å². The molecule has 2 heterocycles. The van der Waals surface area contributed by atoms with E-state index in [1.54, 1.807) is 0 Å². The third kappa shape index (κ3) is 4.29. The van der Waals surface area contributed by atoms with Crippen molar-refractivity contribution in [3.05, 3.63) is 34.9 Å². The second-order valence-electron chi connectivity index (χ2n) is 8.63. The number of nitrogens with zero attached hydrogens (tertiary/aromatic N) is 2. The van der Waals surface area contributed by atoms with Crippen molar-refractivity contribution in [3.8, 4) is 0 Å². The monoisotopic (exact) mass is 357 g/mol. The van der Waals surface area contributed by atoms with Crippen molar-refractivity contribution < 1.29 is 4.79 Å². The van der Waals surface area contributed by atoms with Crippen molar-refractivity contribution in [1.82, 2.24) is 15.1 Å². The van der Waals surface area contributed by atoms with Gasteiger partial charge in [0.1, 0.15) is 0 Å². The maximum atomic E-state index is 13.0. The summed E-state index contributed by atoms with van der Waals surface area (Å²) in [6, 6.07) is 6.50. The lowest BCUT2D eigenvalue weighted by atomic mass is 9.76. The number of piperidine rings is 1. The molecular formula is C22H35N3O. The van der Waals surface area contributed by atoms with Gasteiger partial charge in [-0.2, -0.15) is 0 Å². The minimum atomic E-state index is 0.0462. The molecular weight excluding hydrogens is 322 g/mol. The van der Waals surface area contributed by atoms with Crippen LogP contribution < -0.4 is 5.32 Å². The highest BCUT2D eigenvalue weighted by molar-refractivity contribution is 5.82. The van der Waals surface area contributed by atoms with Gasteiger partial charge in [0, 0.05) is 13.1 Å². The number of likely N-dealkylation sites (tertiary alicyclic amines) is 2. The zero-order chi connectivity index (χ0) is 18.7. The van der Waals surface area contributed by atoms with E-state index in [4.69, 9.17) is 0 Å². The molecule has 0 radical (unpaired) electrons. The summed E-state index contributed by atoms with van der Waals surface area (Å²) < 4.78 is 0. The number of benzene rings is 1. The molecule has 1 aromatic rings. The number of carbonyl (C=O) groups is 1. The Bertz CT molecular complexity index is 634. The smallest absolute Gasteiger partial charge is 0.237 e. The highest BCUT2D eigenvalue weighted by Gasteiger charge is 2.47. The number of nitrogens with one attached hydrogen (secondary N) is 1. The molecule has 1 N–H and O–H groups in total. The Hall–Kier alpha value is -1.39. The van der Waals surface area contributed by atoms with E-state index in [9.17, 15) is 4.79 Å². The van der Waals surface area contributed by atoms with Crippen LogP contribution in [0.3, 0.4) is 0 Å². The van der Waals surface area contributed by atoms with Gasteiger partial charge < -0.3 is 10.2 Å². The fourth-order valence-electron chi connectivity index (χ4n) is 4.60. The molecule has 1 spiro atoms. The zero-order valence-corrected chi connectivity index (χ0v) is 17.0. The molecule has 0 saturated carbocycles. The Morgan fingerprint density at radius 3 is 2.62 bits per heavy atom. The summed E-state index contributed by atoms with van der Waals surface area (Å²) in [6.07, 6.45) is 4.59. The second-order valence-corrected chi connectivity index (χ2v) is 8.63. The number of rotatable bonds is 5. The van der Waals surface area contributed by atoms with Crippen molar-refractivity contribution >= 4 is 5.91 Å². The topological polar surface area (TPSA) is 35.6 Å². The Morgan fingerprint density at radius 2 is 1.96 bits per heavy atom. The van der Waals surface area contributed by atoms with Crippen LogP contribution in [0.15, 0.2) is 18.2 Å². The maximum Gasteiger partial charge on any atom is 0.237 e. The van der Waals surface area contributed by atoms with Gasteiger partial charge in [-0.1, -0.05) is 25.1 Å². The maximum absolute atomic E-state index is 13.0. The summed E-state index contributed by atoms with van der Waals surface area (Å²) in [5, 5.41) is 3.22. The van der Waals surface area contributed by atoms with Crippen LogP contribution in [0.2, 0.25) is 0 Å². The van der Waals surface area contributed by atoms with Gasteiger partial charge >= 0.3 is 0 Å². The first-order valence-electron chi connectivity index (χ1n) is 10.2. The zero-order valence-electron chi connectivity index (χ0n) is 17.0. The van der Waals surface area contributed by atoms with E-state index in [2.05, 4.69) is 61.1 Å². The lowest BCUT2D eigenvalue weighted by molar-refractivity contribution is -0.125. The Balaban J connectivity index is 1.63. The SMILES string of the molecule is CCCN1CC2(CCN(C)CC2)C[C@@H]1C(=O)NCc1ccc(C)c(C)c1. The van der Waals surface area contributed by atoms with Gasteiger partial charge in [-0.3, -0.25) is 9.69 Å². The molecule has 3 rings (SSSR count). The number of aryl methyl sites for hydroxylation is 2. The lowest BCUT2D eigenvalue weighted by Crippen LogP contribution is -2.43. The molecule has 26 heavy (non-hydrogen) atoms. The number of amides is 1. The first-order valence-corrected chi connectivity index (χ1v) is 10.2. The minimum Gasteiger partial charge on any atom is -0.351 e. The quantitative estimate of drug-likeness (QED) is 0.879. The number of hydrogen-bond acceptors (Lipinski definition) is 3. The Morgan fingerprint density at radius 1 is 1.23 bits per heavy atom. The van der Waals surface area contributed by atoms with Gasteiger partial charge in [0.25, 0.3) is 0 Å². The van der Waals surface area contributed by atoms with Gasteiger partial charge in [-0.15, -0.1) is 0 Å². The molecule has 0 bridgehead atoms. The molecule has 1 atom stereocenters. The van der Waals surface area contributed by atoms with Gasteiger partial charge in [0.2, 0.25) is 5.91 Å². The average molecular weight is 358 g/mol. The van der Waals surface area contributed by atoms with Crippen molar-refractivity contribution in [1.29, 1.82) is 0 Å². The summed E-state index contributed by atoms with van der Waals surface area (Å²) in [4.78, 5) is 17.8. The fraction of sp³-hybridized carbons (Fsp3) is 0.682. The second kappa shape index (κ2) is 8.10. The van der Waals surface area contributed by atoms with Crippen LogP contribution in [0, 0.1) is 19.3 Å². The largest absolute Gasteiger partial charge is 0.351 e. The van der Waals surface area contributed by atoms with Crippen molar-refractivity contribution in [2.75, 3.05) is 33.2 Å². The van der Waals surface area contributed by atoms with Gasteiger partial charge in [-0.05, 0) is 88.3 Å². The molecule has 4 heteroatoms. The van der Waals surface area contributed by atoms with Crippen LogP contribution in [0.5, 0.6) is 0 Å². The fourth-order valence-corrected chi connectivity index (χ4v) is 4.60. The van der Waals surface area contributed by atoms with E-state index in [1.165, 1.54) is 29.5 Å². The summed E-state index contributed by atoms with van der Waals surface area (Å²) in [7, 11) is 2.21. The number of carbonyl (C=O) groups excluding carboxylic acids is 1. The van der Waals surface area contributed by atoms with Crippen LogP contribution in [0.25, 0.3) is 0 Å². The third-order valence-corrected chi connectivity index (χ3v) is 6.50. The number of hydrogen-bond donors (Lipinski definition) is 1. The van der Waals surface area contributed by atoms with E-state index in [0.29, 0.717) is 12.0 Å². The molecule has 2 fully saturated rings. The standard InChI is InChI=1S/C22H35N3O/c1-5-10-25-16-22(8-11-24(4)12-9-22)14-20(25)21(26)23-15-19-7-6-17(2)18(3)13-19/h6-7,13,20H,5,8-12,14-16H2,1-4H3,(H,23,26)/t20-/m1/s1. The first-order chi connectivity index (χ1) is 12.4. The van der Waals surface area contributed by atoms with Crippen molar-refractivity contribution in [2.24, 2.45) is 5.41 Å². The Labute approximate surface area is 158 Å². The predicted molar refractivity (Wildman–Crippen MR) is 107 cm³/mol. The highest BCUT2D eigenvalue weighted by Crippen LogP contribution is 2.43. The van der Waals surface area contributed by atoms with Crippen LogP contribution in [0.1, 0.15) is 49.3 Å². The normalized spacial score (nSPS) is 23.5. The summed E-state index contributed by atoms with van der Waals surface area (Å²) in [5.74, 6) is 0.215. The van der Waals surface area contributed by atoms with Crippen LogP contribution in [-0.2, 0) is 11.3 Å². The van der Waals surface area contributed by atoms with Crippen molar-refractivity contribution in [2.45, 2.75) is 59.0 Å². The van der Waals surface area contributed by atoms with E-state index >= 15 is 0 Å². The highest BCUT2D eigenvalue weighted by atomic mass is 16.2. The summed E-state index contributed by atoms with van der Waals surface area (Å²) in [6.45, 7) is 11.5. The third-order valence-electron chi connectivity index (χ3n) is 6.50. The van der Waals surface area contributed by atoms with Crippen molar-refractivity contribution in [3.63, 3.8) is 0 Å². The Kier molecular flexibility index (Phi) is 6.03. The lowest BCUT2D eigenvalue weighted by Gasteiger charge is -2.37. The molecule has 2 saturated heterocycles. The molecule has 0 unspecified atom stereocenters. The van der Waals surface area contributed by atoms with Crippen LogP contribution in [-0.4, -0.2) is 55.0 Å². The predicted octanol–water partition coefficient (Wildman–Crippen LogP) is 3.12. The molecule has 1 aromatic carbocycles. The van der Waals surface area contributed by atoms with Crippen LogP contribution in [0.4, 0.5) is 0 Å². The molecule has 0 aliphatic carbocycles. The van der Waals surface area contributed by atoms with Gasteiger partial charge in [0.15, 0.2) is 0 Å². The average Bonchev–Trinajstić information content (AvgIpc) is 2.97. The molecule has 2 aliphatic rings. The van der Waals surface area contributed by atoms with E-state index in [1.807, 2.05) is 0 Å². The van der Waals surface area contributed by atoms with E-state index in [0.717, 1.165) is 39.0 Å². The molecule has 4 nitrogen and oxygen atoms in total. The van der Waals surface area contributed by atoms with E-state index in [-0.39, 0.29) is 11.9 Å². The van der Waals surface area contributed by atoms with Gasteiger partial charge in [-0.25, -0.2) is 0 Å². The molecule has 2 aliphatic heterocycles. The summed E-state index contributed by atoms with van der Waals surface area (Å²) in [5.41, 5.74) is 4.13. The minimum absolute atomic E-state index is 0.0462. The molecule has 0 aromatic heterocycles.